The number of halogens is 2. The predicted molar refractivity (Wildman–Crippen MR) is 90.2 cm³/mol. The minimum Gasteiger partial charge on any atom is -0.0883 e. The molecule has 0 radical (unpaired) electrons. The van der Waals surface area contributed by atoms with Gasteiger partial charge in [0.15, 0.2) is 0 Å². The molecule has 0 aromatic heterocycles. The minimum absolute atomic E-state index is 0.893. The maximum absolute atomic E-state index is 3.57. The molecule has 0 atom stereocenters. The van der Waals surface area contributed by atoms with Crippen LogP contribution in [0, 0.1) is 0 Å². The highest BCUT2D eigenvalue weighted by Gasteiger charge is 2.18. The smallest absolute Gasteiger partial charge is 0.0286 e. The molecule has 3 rings (SSSR count). The molecule has 0 nitrogen and oxygen atoms in total. The topological polar surface area (TPSA) is 0 Å². The Hall–Kier alpha value is -0.860. The first-order valence-corrected chi connectivity index (χ1v) is 8.60. The van der Waals surface area contributed by atoms with Crippen molar-refractivity contribution in [1.82, 2.24) is 0 Å². The second-order valence-corrected chi connectivity index (χ2v) is 5.93. The highest BCUT2D eigenvalue weighted by atomic mass is 79.9. The molecule has 0 aliphatic heterocycles. The van der Waals surface area contributed by atoms with Crippen LogP contribution in [0.1, 0.15) is 16.7 Å². The van der Waals surface area contributed by atoms with Crippen LogP contribution in [0.2, 0.25) is 0 Å². The summed E-state index contributed by atoms with van der Waals surface area (Å²) in [6, 6.07) is 15.5. The van der Waals surface area contributed by atoms with Crippen molar-refractivity contribution in [2.75, 3.05) is 10.7 Å². The molecule has 1 aliphatic rings. The van der Waals surface area contributed by atoms with E-state index in [1.54, 1.807) is 0 Å². The Morgan fingerprint density at radius 3 is 2.58 bits per heavy atom. The lowest BCUT2D eigenvalue weighted by molar-refractivity contribution is 1.26. The van der Waals surface area contributed by atoms with E-state index in [2.05, 4.69) is 80.4 Å². The molecule has 2 aromatic carbocycles. The van der Waals surface area contributed by atoms with E-state index in [0.717, 1.165) is 17.1 Å². The average Bonchev–Trinajstić information content (AvgIpc) is 2.82. The third-order valence-electron chi connectivity index (χ3n) is 3.63. The average molecular weight is 378 g/mol. The van der Waals surface area contributed by atoms with E-state index in [-0.39, 0.29) is 0 Å². The lowest BCUT2D eigenvalue weighted by atomic mass is 10.00. The van der Waals surface area contributed by atoms with E-state index < -0.39 is 0 Å². The lowest BCUT2D eigenvalue weighted by Gasteiger charge is -2.07. The first kappa shape index (κ1) is 13.1. The molecule has 0 amide bonds. The number of hydrogen-bond donors (Lipinski definition) is 0. The molecular weight excluding hydrogens is 364 g/mol. The van der Waals surface area contributed by atoms with Gasteiger partial charge in [-0.2, -0.15) is 0 Å². The first-order chi connectivity index (χ1) is 9.33. The van der Waals surface area contributed by atoms with Gasteiger partial charge < -0.3 is 0 Å². The molecule has 1 aliphatic carbocycles. The summed E-state index contributed by atoms with van der Waals surface area (Å²) in [6.45, 7) is 0. The summed E-state index contributed by atoms with van der Waals surface area (Å²) in [7, 11) is 0. The van der Waals surface area contributed by atoms with Crippen LogP contribution in [0.25, 0.3) is 16.7 Å². The zero-order valence-corrected chi connectivity index (χ0v) is 13.7. The SMILES string of the molecule is BrC/C=C(\CBr)c1ccc2c(c1)Cc1ccccc1-2. The molecule has 96 valence electrons. The van der Waals surface area contributed by atoms with Crippen LogP contribution < -0.4 is 0 Å². The molecule has 19 heavy (non-hydrogen) atoms. The van der Waals surface area contributed by atoms with Crippen LogP contribution in [0.4, 0.5) is 0 Å². The van der Waals surface area contributed by atoms with Gasteiger partial charge in [-0.3, -0.25) is 0 Å². The highest BCUT2D eigenvalue weighted by Crippen LogP contribution is 2.37. The molecule has 0 heterocycles. The van der Waals surface area contributed by atoms with Gasteiger partial charge in [0.1, 0.15) is 0 Å². The third-order valence-corrected chi connectivity index (χ3v) is 4.56. The van der Waals surface area contributed by atoms with Gasteiger partial charge >= 0.3 is 0 Å². The van der Waals surface area contributed by atoms with Crippen LogP contribution in [0.5, 0.6) is 0 Å². The predicted octanol–water partition coefficient (Wildman–Crippen LogP) is 5.43. The van der Waals surface area contributed by atoms with Crippen molar-refractivity contribution in [2.24, 2.45) is 0 Å². The maximum Gasteiger partial charge on any atom is 0.0286 e. The minimum atomic E-state index is 0.893. The number of allylic oxidation sites excluding steroid dienone is 2. The fourth-order valence-corrected chi connectivity index (χ4v) is 3.63. The number of rotatable bonds is 3. The Morgan fingerprint density at radius 2 is 1.79 bits per heavy atom. The van der Waals surface area contributed by atoms with E-state index in [9.17, 15) is 0 Å². The van der Waals surface area contributed by atoms with Gasteiger partial charge in [0.2, 0.25) is 0 Å². The van der Waals surface area contributed by atoms with Gasteiger partial charge in [-0.15, -0.1) is 0 Å². The van der Waals surface area contributed by atoms with E-state index in [1.807, 2.05) is 0 Å². The molecule has 0 bridgehead atoms. The van der Waals surface area contributed by atoms with E-state index in [4.69, 9.17) is 0 Å². The molecule has 2 heteroatoms. The van der Waals surface area contributed by atoms with Crippen molar-refractivity contribution in [1.29, 1.82) is 0 Å². The quantitative estimate of drug-likeness (QED) is 0.533. The van der Waals surface area contributed by atoms with Gasteiger partial charge in [-0.25, -0.2) is 0 Å². The van der Waals surface area contributed by atoms with Crippen molar-refractivity contribution in [3.05, 3.63) is 65.2 Å². The highest BCUT2D eigenvalue weighted by molar-refractivity contribution is 9.09. The summed E-state index contributed by atoms with van der Waals surface area (Å²) >= 11 is 7.05. The Labute approximate surface area is 130 Å². The molecule has 0 spiro atoms. The fourth-order valence-electron chi connectivity index (χ4n) is 2.69. The summed E-state index contributed by atoms with van der Waals surface area (Å²) in [4.78, 5) is 0. The molecule has 0 saturated heterocycles. The molecule has 0 fully saturated rings. The molecule has 0 N–H and O–H groups in total. The largest absolute Gasteiger partial charge is 0.0883 e. The van der Waals surface area contributed by atoms with Gasteiger partial charge in [0.05, 0.1) is 0 Å². The maximum atomic E-state index is 3.57. The van der Waals surface area contributed by atoms with Crippen molar-refractivity contribution < 1.29 is 0 Å². The van der Waals surface area contributed by atoms with Crippen LogP contribution in [-0.4, -0.2) is 10.7 Å². The summed E-state index contributed by atoms with van der Waals surface area (Å²) in [6.07, 6.45) is 3.28. The van der Waals surface area contributed by atoms with Crippen LogP contribution in [-0.2, 0) is 6.42 Å². The molecule has 2 aromatic rings. The standard InChI is InChI=1S/C17H14Br2/c18-8-7-14(11-19)12-5-6-17-15(9-12)10-13-3-1-2-4-16(13)17/h1-7,9H,8,10-11H2/b14-7+. The second-order valence-electron chi connectivity index (χ2n) is 4.72. The Kier molecular flexibility index (Phi) is 3.90. The Morgan fingerprint density at radius 1 is 1.00 bits per heavy atom. The number of fused-ring (bicyclic) bond motifs is 3. The van der Waals surface area contributed by atoms with Crippen molar-refractivity contribution >= 4 is 37.4 Å². The Bertz CT molecular complexity index is 641. The first-order valence-electron chi connectivity index (χ1n) is 6.36. The van der Waals surface area contributed by atoms with Gasteiger partial charge in [0.25, 0.3) is 0 Å². The molecule has 0 unspecified atom stereocenters. The molecule has 0 saturated carbocycles. The Balaban J connectivity index is 2.04. The van der Waals surface area contributed by atoms with Crippen LogP contribution >= 0.6 is 31.9 Å². The zero-order valence-electron chi connectivity index (χ0n) is 10.5. The number of hydrogen-bond acceptors (Lipinski definition) is 0. The second kappa shape index (κ2) is 5.64. The summed E-state index contributed by atoms with van der Waals surface area (Å²) in [5.41, 5.74) is 8.35. The fraction of sp³-hybridized carbons (Fsp3) is 0.176. The van der Waals surface area contributed by atoms with Crippen molar-refractivity contribution in [3.8, 4) is 11.1 Å². The van der Waals surface area contributed by atoms with Crippen LogP contribution in [0.3, 0.4) is 0 Å². The van der Waals surface area contributed by atoms with E-state index in [1.165, 1.54) is 33.4 Å². The van der Waals surface area contributed by atoms with E-state index >= 15 is 0 Å². The summed E-state index contributed by atoms with van der Waals surface area (Å²) in [5, 5.41) is 1.79. The summed E-state index contributed by atoms with van der Waals surface area (Å²) < 4.78 is 0. The third kappa shape index (κ3) is 2.44. The monoisotopic (exact) mass is 376 g/mol. The summed E-state index contributed by atoms with van der Waals surface area (Å²) in [5.74, 6) is 0. The van der Waals surface area contributed by atoms with E-state index in [0.29, 0.717) is 0 Å². The zero-order chi connectivity index (χ0) is 13.2. The lowest BCUT2D eigenvalue weighted by Crippen LogP contribution is -1.89. The van der Waals surface area contributed by atoms with Gasteiger partial charge in [0, 0.05) is 10.7 Å². The van der Waals surface area contributed by atoms with Gasteiger partial charge in [-0.05, 0) is 39.8 Å². The van der Waals surface area contributed by atoms with Gasteiger partial charge in [-0.1, -0.05) is 80.4 Å². The number of benzene rings is 2. The van der Waals surface area contributed by atoms with Crippen LogP contribution in [0.15, 0.2) is 48.5 Å². The number of alkyl halides is 2. The normalized spacial score (nSPS) is 13.3. The van der Waals surface area contributed by atoms with Crippen molar-refractivity contribution in [2.45, 2.75) is 6.42 Å². The van der Waals surface area contributed by atoms with Crippen molar-refractivity contribution in [3.63, 3.8) is 0 Å². The molecular formula is C17H14Br2.